The van der Waals surface area contributed by atoms with E-state index in [4.69, 9.17) is 4.42 Å². The van der Waals surface area contributed by atoms with Gasteiger partial charge in [-0.05, 0) is 37.3 Å². The first-order valence-corrected chi connectivity index (χ1v) is 11.1. The molecule has 1 aromatic heterocycles. The van der Waals surface area contributed by atoms with Crippen molar-refractivity contribution >= 4 is 46.3 Å². The van der Waals surface area contributed by atoms with E-state index in [-0.39, 0.29) is 29.1 Å². The van der Waals surface area contributed by atoms with Crippen LogP contribution in [0, 0.1) is 17.0 Å². The van der Waals surface area contributed by atoms with Gasteiger partial charge in [-0.25, -0.2) is 0 Å². The van der Waals surface area contributed by atoms with Gasteiger partial charge in [0.15, 0.2) is 5.17 Å². The Labute approximate surface area is 198 Å². The fraction of sp³-hybridized carbons (Fsp3) is 0.130. The molecule has 0 saturated carbocycles. The van der Waals surface area contributed by atoms with Gasteiger partial charge in [-0.3, -0.25) is 19.7 Å². The van der Waals surface area contributed by atoms with Gasteiger partial charge < -0.3 is 15.1 Å². The van der Waals surface area contributed by atoms with Crippen molar-refractivity contribution < 1.29 is 18.9 Å². The van der Waals surface area contributed by atoms with Crippen molar-refractivity contribution in [1.29, 1.82) is 0 Å². The molecule has 172 valence electrons. The van der Waals surface area contributed by atoms with Crippen LogP contribution in [0.25, 0.3) is 11.3 Å². The first kappa shape index (κ1) is 22.9. The molecule has 1 aliphatic heterocycles. The molecule has 0 bridgehead atoms. The van der Waals surface area contributed by atoms with Gasteiger partial charge in [0.2, 0.25) is 11.8 Å². The Bertz CT molecular complexity index is 1300. The first-order chi connectivity index (χ1) is 16.4. The molecule has 34 heavy (non-hydrogen) atoms. The molecule has 1 fully saturated rings. The third-order valence-corrected chi connectivity index (χ3v) is 5.88. The van der Waals surface area contributed by atoms with Crippen molar-refractivity contribution in [3.8, 4) is 11.3 Å². The second-order valence-corrected chi connectivity index (χ2v) is 8.53. The van der Waals surface area contributed by atoms with Gasteiger partial charge in [0.25, 0.3) is 5.69 Å². The van der Waals surface area contributed by atoms with Crippen LogP contribution in [0.1, 0.15) is 17.7 Å². The molecule has 1 atom stereocenters. The van der Waals surface area contributed by atoms with Crippen LogP contribution in [0.15, 0.2) is 75.3 Å². The van der Waals surface area contributed by atoms with Crippen molar-refractivity contribution in [2.75, 3.05) is 5.32 Å². The van der Waals surface area contributed by atoms with Gasteiger partial charge in [0, 0.05) is 18.2 Å². The highest BCUT2D eigenvalue weighted by Gasteiger charge is 2.32. The molecule has 2 N–H and O–H groups in total. The maximum atomic E-state index is 12.3. The monoisotopic (exact) mass is 477 g/mol. The number of aryl methyl sites for hydroxylation is 1. The van der Waals surface area contributed by atoms with Gasteiger partial charge in [-0.2, -0.15) is 5.10 Å². The van der Waals surface area contributed by atoms with Crippen molar-refractivity contribution in [2.24, 2.45) is 10.2 Å². The van der Waals surface area contributed by atoms with Crippen LogP contribution in [0.3, 0.4) is 0 Å². The van der Waals surface area contributed by atoms with Crippen molar-refractivity contribution in [1.82, 2.24) is 5.32 Å². The number of hydrogen-bond acceptors (Lipinski definition) is 8. The molecule has 0 radical (unpaired) electrons. The van der Waals surface area contributed by atoms with E-state index in [9.17, 15) is 19.7 Å². The lowest BCUT2D eigenvalue weighted by atomic mass is 10.1. The highest BCUT2D eigenvalue weighted by atomic mass is 32.2. The predicted molar refractivity (Wildman–Crippen MR) is 130 cm³/mol. The minimum absolute atomic E-state index is 0.00941. The Kier molecular flexibility index (Phi) is 6.83. The number of nitrogens with zero attached hydrogens (tertiary/aromatic N) is 3. The Morgan fingerprint density at radius 3 is 2.74 bits per heavy atom. The van der Waals surface area contributed by atoms with Crippen LogP contribution in [0.4, 0.5) is 11.4 Å². The quantitative estimate of drug-likeness (QED) is 0.298. The van der Waals surface area contributed by atoms with Crippen molar-refractivity contribution in [3.05, 3.63) is 82.1 Å². The van der Waals surface area contributed by atoms with E-state index in [1.165, 1.54) is 12.3 Å². The number of furan rings is 1. The maximum absolute atomic E-state index is 12.3. The Morgan fingerprint density at radius 1 is 1.21 bits per heavy atom. The molecule has 2 amide bonds. The predicted octanol–water partition coefficient (Wildman–Crippen LogP) is 4.11. The molecule has 0 spiro atoms. The zero-order chi connectivity index (χ0) is 24.1. The van der Waals surface area contributed by atoms with E-state index in [0.717, 1.165) is 17.3 Å². The number of carbonyl (C=O) groups is 2. The number of nitrogens with one attached hydrogen (secondary N) is 2. The fourth-order valence-electron chi connectivity index (χ4n) is 3.15. The topological polar surface area (TPSA) is 139 Å². The van der Waals surface area contributed by atoms with Crippen LogP contribution < -0.4 is 10.6 Å². The number of amides is 2. The highest BCUT2D eigenvalue weighted by Crippen LogP contribution is 2.30. The molecule has 1 unspecified atom stereocenters. The van der Waals surface area contributed by atoms with Gasteiger partial charge in [0.05, 0.1) is 16.7 Å². The number of rotatable bonds is 7. The molecule has 2 heterocycles. The number of anilines is 1. The molecule has 10 nitrogen and oxygen atoms in total. The molecule has 0 aliphatic carbocycles. The zero-order valence-corrected chi connectivity index (χ0v) is 18.7. The van der Waals surface area contributed by atoms with Crippen LogP contribution >= 0.6 is 11.8 Å². The normalized spacial score (nSPS) is 16.7. The van der Waals surface area contributed by atoms with Crippen LogP contribution in [-0.2, 0) is 9.59 Å². The Hall–Kier alpha value is -4.25. The number of nitro groups is 1. The summed E-state index contributed by atoms with van der Waals surface area (Å²) in [6, 6.07) is 16.8. The molecular weight excluding hydrogens is 458 g/mol. The first-order valence-electron chi connectivity index (χ1n) is 10.2. The summed E-state index contributed by atoms with van der Waals surface area (Å²) in [4.78, 5) is 35.2. The SMILES string of the molecule is Cc1ccc(NC(=O)CC2S/C(=N/N=C/c3ccc(-c4ccccc4[N+](=O)[O-])o3)NC2=O)cc1. The van der Waals surface area contributed by atoms with Gasteiger partial charge >= 0.3 is 0 Å². The zero-order valence-electron chi connectivity index (χ0n) is 17.9. The Morgan fingerprint density at radius 2 is 1.97 bits per heavy atom. The third kappa shape index (κ3) is 5.56. The number of amidine groups is 1. The number of hydrogen-bond donors (Lipinski definition) is 2. The number of nitro benzene ring substituents is 1. The van der Waals surface area contributed by atoms with Crippen molar-refractivity contribution in [3.63, 3.8) is 0 Å². The summed E-state index contributed by atoms with van der Waals surface area (Å²) in [5.41, 5.74) is 2.03. The molecule has 11 heteroatoms. The van der Waals surface area contributed by atoms with E-state index in [0.29, 0.717) is 22.8 Å². The highest BCUT2D eigenvalue weighted by molar-refractivity contribution is 8.15. The smallest absolute Gasteiger partial charge is 0.280 e. The average Bonchev–Trinajstić information content (AvgIpc) is 3.42. The standard InChI is InChI=1S/C23H19N5O5S/c1-14-6-8-15(9-7-14)25-21(29)12-20-22(30)26-23(34-20)27-24-13-16-10-11-19(33-16)17-4-2-3-5-18(17)28(31)32/h2-11,13,20H,12H2,1H3,(H,25,29)(H,26,27,30)/b24-13+. The van der Waals surface area contributed by atoms with E-state index in [1.807, 2.05) is 19.1 Å². The molecule has 3 aromatic rings. The van der Waals surface area contributed by atoms with Crippen molar-refractivity contribution in [2.45, 2.75) is 18.6 Å². The molecule has 2 aromatic carbocycles. The lowest BCUT2D eigenvalue weighted by Crippen LogP contribution is -2.28. The number of carbonyl (C=O) groups excluding carboxylic acids is 2. The molecule has 1 aliphatic rings. The summed E-state index contributed by atoms with van der Waals surface area (Å²) in [5.74, 6) is 0.0551. The van der Waals surface area contributed by atoms with Gasteiger partial charge in [-0.1, -0.05) is 41.6 Å². The largest absolute Gasteiger partial charge is 0.455 e. The van der Waals surface area contributed by atoms with E-state index in [1.54, 1.807) is 42.5 Å². The third-order valence-electron chi connectivity index (χ3n) is 4.81. The second kappa shape index (κ2) is 10.1. The minimum atomic E-state index is -0.617. The second-order valence-electron chi connectivity index (χ2n) is 7.34. The summed E-state index contributed by atoms with van der Waals surface area (Å²) in [6.07, 6.45) is 1.32. The van der Waals surface area contributed by atoms with Crippen LogP contribution in [-0.4, -0.2) is 33.4 Å². The van der Waals surface area contributed by atoms with E-state index >= 15 is 0 Å². The van der Waals surface area contributed by atoms with E-state index in [2.05, 4.69) is 20.8 Å². The summed E-state index contributed by atoms with van der Waals surface area (Å²) >= 11 is 1.11. The number of thioether (sulfide) groups is 1. The van der Waals surface area contributed by atoms with Crippen LogP contribution in [0.2, 0.25) is 0 Å². The minimum Gasteiger partial charge on any atom is -0.455 e. The summed E-state index contributed by atoms with van der Waals surface area (Å²) < 4.78 is 5.61. The Balaban J connectivity index is 1.35. The average molecular weight is 478 g/mol. The lowest BCUT2D eigenvalue weighted by Gasteiger charge is -2.07. The maximum Gasteiger partial charge on any atom is 0.280 e. The summed E-state index contributed by atoms with van der Waals surface area (Å²) in [7, 11) is 0. The van der Waals surface area contributed by atoms with Gasteiger partial charge in [0.1, 0.15) is 16.8 Å². The van der Waals surface area contributed by atoms with E-state index < -0.39 is 10.2 Å². The summed E-state index contributed by atoms with van der Waals surface area (Å²) in [5, 5.41) is 24.1. The van der Waals surface area contributed by atoms with Gasteiger partial charge in [-0.15, -0.1) is 5.10 Å². The fourth-order valence-corrected chi connectivity index (χ4v) is 4.07. The van der Waals surface area contributed by atoms with Crippen LogP contribution in [0.5, 0.6) is 0 Å². The molecular formula is C23H19N5O5S. The lowest BCUT2D eigenvalue weighted by molar-refractivity contribution is -0.384. The number of benzene rings is 2. The molecule has 1 saturated heterocycles. The summed E-state index contributed by atoms with van der Waals surface area (Å²) in [6.45, 7) is 1.95. The number of para-hydroxylation sites is 1. The molecule has 4 rings (SSSR count).